The average molecular weight is 396 g/mol. The van der Waals surface area contributed by atoms with Crippen molar-refractivity contribution in [2.75, 3.05) is 5.43 Å². The van der Waals surface area contributed by atoms with Gasteiger partial charge in [-0.15, -0.1) is 0 Å². The van der Waals surface area contributed by atoms with E-state index in [-0.39, 0.29) is 11.7 Å². The quantitative estimate of drug-likeness (QED) is 0.542. The Hall–Kier alpha value is -3.93. The zero-order valence-electron chi connectivity index (χ0n) is 16.4. The first-order chi connectivity index (χ1) is 14.7. The molecule has 0 fully saturated rings. The van der Waals surface area contributed by atoms with Crippen molar-refractivity contribution in [3.05, 3.63) is 101 Å². The van der Waals surface area contributed by atoms with Crippen molar-refractivity contribution in [2.24, 2.45) is 4.99 Å². The van der Waals surface area contributed by atoms with Crippen LogP contribution in [0.2, 0.25) is 0 Å². The molecule has 1 N–H and O–H groups in total. The van der Waals surface area contributed by atoms with Crippen molar-refractivity contribution < 1.29 is 4.74 Å². The van der Waals surface area contributed by atoms with Crippen molar-refractivity contribution in [1.82, 2.24) is 9.66 Å². The maximum Gasteiger partial charge on any atom is 0.280 e. The molecule has 3 aromatic carbocycles. The molecule has 1 aromatic heterocycles. The number of aliphatic imine (C=N–C) groups is 1. The molecule has 0 saturated carbocycles. The van der Waals surface area contributed by atoms with Crippen LogP contribution in [0.3, 0.4) is 0 Å². The van der Waals surface area contributed by atoms with E-state index >= 15 is 0 Å². The highest BCUT2D eigenvalue weighted by Gasteiger charge is 2.23. The molecular weight excluding hydrogens is 376 g/mol. The molecule has 1 unspecified atom stereocenters. The number of ether oxygens (including phenoxy) is 1. The number of aromatic nitrogens is 2. The molecule has 148 valence electrons. The van der Waals surface area contributed by atoms with E-state index in [4.69, 9.17) is 9.73 Å². The Morgan fingerprint density at radius 2 is 1.70 bits per heavy atom. The summed E-state index contributed by atoms with van der Waals surface area (Å²) < 4.78 is 7.74. The van der Waals surface area contributed by atoms with E-state index in [1.54, 1.807) is 13.0 Å². The average Bonchev–Trinajstić information content (AvgIpc) is 2.96. The van der Waals surface area contributed by atoms with Gasteiger partial charge in [-0.1, -0.05) is 54.6 Å². The van der Waals surface area contributed by atoms with Gasteiger partial charge < -0.3 is 4.74 Å². The van der Waals surface area contributed by atoms with Crippen LogP contribution in [0.5, 0.6) is 5.75 Å². The SMILES string of the molecule is Cc1nc2ccccc2c(=O)n1NC1=Nc2ccccc2OC(c2ccccc2)C1. The number of nitrogens with zero attached hydrogens (tertiary/aromatic N) is 3. The molecule has 30 heavy (non-hydrogen) atoms. The normalized spacial score (nSPS) is 15.6. The summed E-state index contributed by atoms with van der Waals surface area (Å²) in [5.41, 5.74) is 5.49. The van der Waals surface area contributed by atoms with Crippen molar-refractivity contribution in [3.63, 3.8) is 0 Å². The maximum atomic E-state index is 13.1. The topological polar surface area (TPSA) is 68.5 Å². The third-order valence-corrected chi connectivity index (χ3v) is 5.12. The molecule has 6 heteroatoms. The number of benzene rings is 3. The van der Waals surface area contributed by atoms with E-state index in [9.17, 15) is 4.79 Å². The summed E-state index contributed by atoms with van der Waals surface area (Å²) in [6, 6.07) is 25.0. The van der Waals surface area contributed by atoms with E-state index in [0.717, 1.165) is 11.3 Å². The smallest absolute Gasteiger partial charge is 0.280 e. The van der Waals surface area contributed by atoms with E-state index in [0.29, 0.717) is 34.7 Å². The molecule has 5 rings (SSSR count). The number of para-hydroxylation sites is 3. The van der Waals surface area contributed by atoms with E-state index in [1.165, 1.54) is 4.68 Å². The molecule has 0 aliphatic carbocycles. The summed E-state index contributed by atoms with van der Waals surface area (Å²) in [6.45, 7) is 1.80. The second-order valence-electron chi connectivity index (χ2n) is 7.18. The van der Waals surface area contributed by atoms with Gasteiger partial charge in [0.05, 0.1) is 10.9 Å². The minimum absolute atomic E-state index is 0.157. The van der Waals surface area contributed by atoms with Crippen LogP contribution >= 0.6 is 0 Å². The first-order valence-corrected chi connectivity index (χ1v) is 9.83. The fourth-order valence-electron chi connectivity index (χ4n) is 3.64. The van der Waals surface area contributed by atoms with E-state index in [2.05, 4.69) is 10.4 Å². The highest BCUT2D eigenvalue weighted by atomic mass is 16.5. The van der Waals surface area contributed by atoms with Crippen LogP contribution in [0.15, 0.2) is 88.6 Å². The molecule has 0 spiro atoms. The lowest BCUT2D eigenvalue weighted by Gasteiger charge is -2.19. The molecule has 0 saturated heterocycles. The van der Waals surface area contributed by atoms with E-state index in [1.807, 2.05) is 72.8 Å². The Morgan fingerprint density at radius 3 is 2.57 bits per heavy atom. The van der Waals surface area contributed by atoms with Gasteiger partial charge >= 0.3 is 0 Å². The summed E-state index contributed by atoms with van der Waals surface area (Å²) in [7, 11) is 0. The number of aryl methyl sites for hydroxylation is 1. The Bertz CT molecular complexity index is 1310. The Balaban J connectivity index is 1.59. The lowest BCUT2D eigenvalue weighted by molar-refractivity contribution is 0.217. The molecule has 1 aliphatic heterocycles. The summed E-state index contributed by atoms with van der Waals surface area (Å²) in [6.07, 6.45) is 0.253. The van der Waals surface area contributed by atoms with Gasteiger partial charge in [0.1, 0.15) is 29.2 Å². The van der Waals surface area contributed by atoms with Crippen LogP contribution in [0.4, 0.5) is 5.69 Å². The van der Waals surface area contributed by atoms with Crippen molar-refractivity contribution in [2.45, 2.75) is 19.4 Å². The molecule has 2 heterocycles. The lowest BCUT2D eigenvalue weighted by atomic mass is 10.1. The van der Waals surface area contributed by atoms with Crippen LogP contribution in [-0.4, -0.2) is 15.5 Å². The number of hydrogen-bond acceptors (Lipinski definition) is 5. The zero-order valence-corrected chi connectivity index (χ0v) is 16.4. The number of rotatable bonds is 2. The van der Waals surface area contributed by atoms with Gasteiger partial charge in [-0.25, -0.2) is 14.7 Å². The van der Waals surface area contributed by atoms with Crippen molar-refractivity contribution in [1.29, 1.82) is 0 Å². The van der Waals surface area contributed by atoms with Gasteiger partial charge in [-0.2, -0.15) is 0 Å². The molecule has 1 atom stereocenters. The van der Waals surface area contributed by atoms with Crippen LogP contribution in [-0.2, 0) is 0 Å². The second kappa shape index (κ2) is 7.48. The summed E-state index contributed by atoms with van der Waals surface area (Å²) in [5.74, 6) is 1.91. The zero-order chi connectivity index (χ0) is 20.5. The lowest BCUT2D eigenvalue weighted by Crippen LogP contribution is -2.36. The second-order valence-corrected chi connectivity index (χ2v) is 7.18. The first-order valence-electron chi connectivity index (χ1n) is 9.83. The standard InChI is InChI=1S/C24H20N4O2/c1-16-25-19-12-6-5-11-18(19)24(29)28(16)27-23-15-22(17-9-3-2-4-10-17)30-21-14-8-7-13-20(21)26-23/h2-14,22H,15H2,1H3,(H,26,27). The third kappa shape index (κ3) is 3.33. The van der Waals surface area contributed by atoms with Gasteiger partial charge in [-0.3, -0.25) is 10.2 Å². The third-order valence-electron chi connectivity index (χ3n) is 5.12. The van der Waals surface area contributed by atoms with Crippen LogP contribution in [0.1, 0.15) is 23.9 Å². The monoisotopic (exact) mass is 396 g/mol. The number of hydrogen-bond donors (Lipinski definition) is 1. The molecule has 6 nitrogen and oxygen atoms in total. The molecular formula is C24H20N4O2. The van der Waals surface area contributed by atoms with E-state index < -0.39 is 0 Å². The number of fused-ring (bicyclic) bond motifs is 2. The molecule has 4 aromatic rings. The predicted molar refractivity (Wildman–Crippen MR) is 118 cm³/mol. The predicted octanol–water partition coefficient (Wildman–Crippen LogP) is 4.50. The fourth-order valence-corrected chi connectivity index (χ4v) is 3.64. The van der Waals surface area contributed by atoms with Crippen LogP contribution in [0.25, 0.3) is 10.9 Å². The van der Waals surface area contributed by atoms with Crippen LogP contribution < -0.4 is 15.7 Å². The summed E-state index contributed by atoms with van der Waals surface area (Å²) in [4.78, 5) is 22.4. The maximum absolute atomic E-state index is 13.1. The first kappa shape index (κ1) is 18.1. The number of amidine groups is 1. The largest absolute Gasteiger partial charge is 0.483 e. The molecule has 0 bridgehead atoms. The van der Waals surface area contributed by atoms with Crippen LogP contribution in [0, 0.1) is 6.92 Å². The Kier molecular flexibility index (Phi) is 4.52. The molecule has 0 amide bonds. The van der Waals surface area contributed by atoms with Crippen molar-refractivity contribution >= 4 is 22.4 Å². The molecule has 1 aliphatic rings. The summed E-state index contributed by atoms with van der Waals surface area (Å²) in [5, 5.41) is 0.557. The highest BCUT2D eigenvalue weighted by molar-refractivity contribution is 5.93. The van der Waals surface area contributed by atoms with Gasteiger partial charge in [0.25, 0.3) is 5.56 Å². The fraction of sp³-hybridized carbons (Fsp3) is 0.125. The minimum Gasteiger partial charge on any atom is -0.483 e. The molecule has 0 radical (unpaired) electrons. The van der Waals surface area contributed by atoms with Gasteiger partial charge in [0.15, 0.2) is 0 Å². The Morgan fingerprint density at radius 1 is 0.967 bits per heavy atom. The highest BCUT2D eigenvalue weighted by Crippen LogP contribution is 2.36. The Labute approximate surface area is 173 Å². The van der Waals surface area contributed by atoms with Gasteiger partial charge in [0.2, 0.25) is 0 Å². The minimum atomic E-state index is -0.231. The summed E-state index contributed by atoms with van der Waals surface area (Å²) >= 11 is 0. The van der Waals surface area contributed by atoms with Crippen molar-refractivity contribution in [3.8, 4) is 5.75 Å². The van der Waals surface area contributed by atoms with Gasteiger partial charge in [0, 0.05) is 6.42 Å². The number of nitrogens with one attached hydrogen (secondary N) is 1. The van der Waals surface area contributed by atoms with Gasteiger partial charge in [-0.05, 0) is 36.8 Å².